The zero-order valence-electron chi connectivity index (χ0n) is 15.2. The highest BCUT2D eigenvalue weighted by atomic mass is 16.6. The average Bonchev–Trinajstić information content (AvgIpc) is 3.21. The van der Waals surface area contributed by atoms with E-state index in [2.05, 4.69) is 14.9 Å². The summed E-state index contributed by atoms with van der Waals surface area (Å²) in [6.45, 7) is 4.93. The molecule has 8 nitrogen and oxygen atoms in total. The first kappa shape index (κ1) is 17.4. The molecule has 8 heteroatoms. The smallest absolute Gasteiger partial charge is 0.269 e. The van der Waals surface area contributed by atoms with Gasteiger partial charge in [0.2, 0.25) is 0 Å². The number of hydrogen-bond acceptors (Lipinski definition) is 6. The number of aryl methyl sites for hydroxylation is 1. The van der Waals surface area contributed by atoms with Gasteiger partial charge in [0.1, 0.15) is 11.6 Å². The highest BCUT2D eigenvalue weighted by molar-refractivity contribution is 5.94. The molecule has 2 aliphatic heterocycles. The molecule has 4 rings (SSSR count). The maximum absolute atomic E-state index is 12.9. The van der Waals surface area contributed by atoms with Crippen LogP contribution in [0, 0.1) is 17.0 Å². The van der Waals surface area contributed by atoms with E-state index in [9.17, 15) is 14.9 Å². The summed E-state index contributed by atoms with van der Waals surface area (Å²) in [5.74, 6) is 1.60. The van der Waals surface area contributed by atoms with Gasteiger partial charge in [0.05, 0.1) is 17.2 Å². The SMILES string of the molecule is Cc1nc2c(c(N3CCCC3)n1)CN(C(=O)c1ccc([N+](=O)[O-])cc1)CC2. The van der Waals surface area contributed by atoms with Gasteiger partial charge >= 0.3 is 0 Å². The van der Waals surface area contributed by atoms with Crippen molar-refractivity contribution in [2.45, 2.75) is 32.7 Å². The van der Waals surface area contributed by atoms with E-state index in [1.807, 2.05) is 6.92 Å². The molecule has 140 valence electrons. The van der Waals surface area contributed by atoms with Crippen molar-refractivity contribution in [3.8, 4) is 0 Å². The van der Waals surface area contributed by atoms with Crippen LogP contribution in [0.25, 0.3) is 0 Å². The van der Waals surface area contributed by atoms with Crippen LogP contribution >= 0.6 is 0 Å². The van der Waals surface area contributed by atoms with E-state index >= 15 is 0 Å². The van der Waals surface area contributed by atoms with E-state index in [0.717, 1.165) is 48.8 Å². The van der Waals surface area contributed by atoms with Gasteiger partial charge in [-0.25, -0.2) is 9.97 Å². The molecule has 0 unspecified atom stereocenters. The fourth-order valence-corrected chi connectivity index (χ4v) is 3.79. The minimum atomic E-state index is -0.465. The lowest BCUT2D eigenvalue weighted by Crippen LogP contribution is -2.38. The summed E-state index contributed by atoms with van der Waals surface area (Å²) in [4.78, 5) is 36.6. The van der Waals surface area contributed by atoms with Crippen LogP contribution in [0.4, 0.5) is 11.5 Å². The van der Waals surface area contributed by atoms with Crippen LogP contribution in [0.5, 0.6) is 0 Å². The van der Waals surface area contributed by atoms with Crippen LogP contribution in [0.1, 0.15) is 40.3 Å². The topological polar surface area (TPSA) is 92.5 Å². The second-order valence-corrected chi connectivity index (χ2v) is 6.99. The number of non-ortho nitro benzene ring substituents is 1. The molecule has 0 bridgehead atoms. The minimum Gasteiger partial charge on any atom is -0.356 e. The standard InChI is InChI=1S/C19H21N5O3/c1-13-20-17-8-11-23(12-16(17)18(21-13)22-9-2-3-10-22)19(25)14-4-6-15(7-5-14)24(26)27/h4-7H,2-3,8-12H2,1H3. The molecule has 0 aliphatic carbocycles. The van der Waals surface area contributed by atoms with Crippen molar-refractivity contribution >= 4 is 17.4 Å². The second-order valence-electron chi connectivity index (χ2n) is 6.99. The molecule has 1 aromatic heterocycles. The van der Waals surface area contributed by atoms with Crippen molar-refractivity contribution in [3.05, 3.63) is 57.0 Å². The Bertz CT molecular complexity index is 891. The van der Waals surface area contributed by atoms with E-state index in [4.69, 9.17) is 0 Å². The zero-order chi connectivity index (χ0) is 19.0. The van der Waals surface area contributed by atoms with Gasteiger partial charge in [-0.15, -0.1) is 0 Å². The van der Waals surface area contributed by atoms with Crippen molar-refractivity contribution < 1.29 is 9.72 Å². The molecule has 2 aromatic rings. The number of aromatic nitrogens is 2. The number of rotatable bonds is 3. The Morgan fingerprint density at radius 3 is 2.48 bits per heavy atom. The van der Waals surface area contributed by atoms with Gasteiger partial charge in [-0.1, -0.05) is 0 Å². The molecular weight excluding hydrogens is 346 g/mol. The number of nitro groups is 1. The predicted octanol–water partition coefficient (Wildman–Crippen LogP) is 2.49. The molecule has 27 heavy (non-hydrogen) atoms. The van der Waals surface area contributed by atoms with Gasteiger partial charge < -0.3 is 9.80 Å². The molecule has 0 atom stereocenters. The number of amides is 1. The maximum atomic E-state index is 12.9. The molecule has 0 radical (unpaired) electrons. The van der Waals surface area contributed by atoms with Gasteiger partial charge in [0.15, 0.2) is 0 Å². The number of carbonyl (C=O) groups is 1. The summed E-state index contributed by atoms with van der Waals surface area (Å²) < 4.78 is 0. The number of carbonyl (C=O) groups excluding carboxylic acids is 1. The molecule has 3 heterocycles. The van der Waals surface area contributed by atoms with E-state index < -0.39 is 4.92 Å². The molecule has 1 amide bonds. The summed E-state index contributed by atoms with van der Waals surface area (Å²) in [5, 5.41) is 10.8. The van der Waals surface area contributed by atoms with Crippen LogP contribution in [-0.4, -0.2) is 45.3 Å². The van der Waals surface area contributed by atoms with Crippen LogP contribution in [0.3, 0.4) is 0 Å². The third kappa shape index (κ3) is 3.34. The lowest BCUT2D eigenvalue weighted by atomic mass is 10.0. The Morgan fingerprint density at radius 2 is 1.81 bits per heavy atom. The van der Waals surface area contributed by atoms with E-state index in [1.54, 1.807) is 4.90 Å². The lowest BCUT2D eigenvalue weighted by molar-refractivity contribution is -0.384. The number of benzene rings is 1. The molecular formula is C19H21N5O3. The zero-order valence-corrected chi connectivity index (χ0v) is 15.2. The van der Waals surface area contributed by atoms with Crippen molar-refractivity contribution in [2.75, 3.05) is 24.5 Å². The summed E-state index contributed by atoms with van der Waals surface area (Å²) in [5.41, 5.74) is 2.50. The van der Waals surface area contributed by atoms with Crippen LogP contribution in [0.2, 0.25) is 0 Å². The largest absolute Gasteiger partial charge is 0.356 e. The highest BCUT2D eigenvalue weighted by Crippen LogP contribution is 2.29. The Balaban J connectivity index is 1.60. The number of nitrogens with zero attached hydrogens (tertiary/aromatic N) is 5. The fourth-order valence-electron chi connectivity index (χ4n) is 3.79. The lowest BCUT2D eigenvalue weighted by Gasteiger charge is -2.31. The minimum absolute atomic E-state index is 0.0178. The monoisotopic (exact) mass is 367 g/mol. The summed E-state index contributed by atoms with van der Waals surface area (Å²) in [6.07, 6.45) is 3.00. The maximum Gasteiger partial charge on any atom is 0.269 e. The van der Waals surface area contributed by atoms with Crippen LogP contribution in [-0.2, 0) is 13.0 Å². The van der Waals surface area contributed by atoms with Crippen LogP contribution < -0.4 is 4.90 Å². The number of hydrogen-bond donors (Lipinski definition) is 0. The Kier molecular flexibility index (Phi) is 4.47. The van der Waals surface area contributed by atoms with E-state index in [0.29, 0.717) is 25.1 Å². The van der Waals surface area contributed by atoms with Gasteiger partial charge in [0, 0.05) is 49.3 Å². The summed E-state index contributed by atoms with van der Waals surface area (Å²) in [7, 11) is 0. The third-order valence-corrected chi connectivity index (χ3v) is 5.17. The first-order chi connectivity index (χ1) is 13.0. The third-order valence-electron chi connectivity index (χ3n) is 5.17. The normalized spacial score (nSPS) is 16.3. The fraction of sp³-hybridized carbons (Fsp3) is 0.421. The Hall–Kier alpha value is -3.03. The quantitative estimate of drug-likeness (QED) is 0.611. The molecule has 1 saturated heterocycles. The van der Waals surface area contributed by atoms with Crippen molar-refractivity contribution in [2.24, 2.45) is 0 Å². The van der Waals surface area contributed by atoms with Crippen molar-refractivity contribution in [1.29, 1.82) is 0 Å². The summed E-state index contributed by atoms with van der Waals surface area (Å²) in [6, 6.07) is 5.77. The van der Waals surface area contributed by atoms with E-state index in [-0.39, 0.29) is 11.6 Å². The molecule has 0 N–H and O–H groups in total. The second kappa shape index (κ2) is 6.94. The van der Waals surface area contributed by atoms with Crippen molar-refractivity contribution in [1.82, 2.24) is 14.9 Å². The molecule has 0 saturated carbocycles. The van der Waals surface area contributed by atoms with E-state index in [1.165, 1.54) is 24.3 Å². The first-order valence-corrected chi connectivity index (χ1v) is 9.18. The van der Waals surface area contributed by atoms with Gasteiger partial charge in [-0.3, -0.25) is 14.9 Å². The van der Waals surface area contributed by atoms with Gasteiger partial charge in [-0.05, 0) is 31.9 Å². The Labute approximate surface area is 157 Å². The molecule has 1 fully saturated rings. The predicted molar refractivity (Wildman–Crippen MR) is 99.8 cm³/mol. The molecule has 0 spiro atoms. The molecule has 1 aromatic carbocycles. The average molecular weight is 367 g/mol. The first-order valence-electron chi connectivity index (χ1n) is 9.18. The number of anilines is 1. The van der Waals surface area contributed by atoms with Gasteiger partial charge in [-0.2, -0.15) is 0 Å². The number of nitro benzene ring substituents is 1. The number of fused-ring (bicyclic) bond motifs is 1. The summed E-state index contributed by atoms with van der Waals surface area (Å²) >= 11 is 0. The highest BCUT2D eigenvalue weighted by Gasteiger charge is 2.28. The Morgan fingerprint density at radius 1 is 1.11 bits per heavy atom. The van der Waals surface area contributed by atoms with Gasteiger partial charge in [0.25, 0.3) is 11.6 Å². The van der Waals surface area contributed by atoms with Crippen molar-refractivity contribution in [3.63, 3.8) is 0 Å². The molecule has 2 aliphatic rings. The van der Waals surface area contributed by atoms with Crippen LogP contribution in [0.15, 0.2) is 24.3 Å².